The van der Waals surface area contributed by atoms with E-state index in [9.17, 15) is 9.18 Å². The summed E-state index contributed by atoms with van der Waals surface area (Å²) in [6.45, 7) is 0. The quantitative estimate of drug-likeness (QED) is 0.640. The summed E-state index contributed by atoms with van der Waals surface area (Å²) in [6, 6.07) is 26.8. The predicted molar refractivity (Wildman–Crippen MR) is 102 cm³/mol. The summed E-state index contributed by atoms with van der Waals surface area (Å²) < 4.78 is 13.4. The number of benzene rings is 3. The van der Waals surface area contributed by atoms with Crippen LogP contribution >= 0.6 is 0 Å². The highest BCUT2D eigenvalue weighted by Gasteiger charge is 2.38. The largest absolute Gasteiger partial charge is 0.308 e. The summed E-state index contributed by atoms with van der Waals surface area (Å²) >= 11 is 0. The molecule has 1 saturated heterocycles. The number of rotatable bonds is 4. The number of nitrogens with zero attached hydrogens (tertiary/aromatic N) is 1. The van der Waals surface area contributed by atoms with Crippen LogP contribution < -0.4 is 4.90 Å². The van der Waals surface area contributed by atoms with Crippen LogP contribution in [0.4, 0.5) is 10.1 Å². The molecule has 26 heavy (non-hydrogen) atoms. The molecule has 0 N–H and O–H groups in total. The van der Waals surface area contributed by atoms with E-state index in [1.807, 2.05) is 41.3 Å². The number of anilines is 1. The van der Waals surface area contributed by atoms with E-state index in [2.05, 4.69) is 24.3 Å². The van der Waals surface area contributed by atoms with Gasteiger partial charge in [-0.1, -0.05) is 60.7 Å². The molecule has 0 aliphatic carbocycles. The summed E-state index contributed by atoms with van der Waals surface area (Å²) in [4.78, 5) is 14.5. The third-order valence-corrected chi connectivity index (χ3v) is 5.06. The van der Waals surface area contributed by atoms with Gasteiger partial charge in [-0.25, -0.2) is 4.39 Å². The molecule has 3 aromatic rings. The van der Waals surface area contributed by atoms with Gasteiger partial charge in [0, 0.05) is 24.1 Å². The Labute approximate surface area is 152 Å². The fourth-order valence-corrected chi connectivity index (χ4v) is 3.92. The maximum absolute atomic E-state index is 13.4. The number of carbonyl (C=O) groups excluding carboxylic acids is 1. The Kier molecular flexibility index (Phi) is 4.53. The second kappa shape index (κ2) is 7.12. The Morgan fingerprint density at radius 3 is 1.88 bits per heavy atom. The predicted octanol–water partition coefficient (Wildman–Crippen LogP) is 5.15. The monoisotopic (exact) mass is 345 g/mol. The van der Waals surface area contributed by atoms with E-state index in [-0.39, 0.29) is 23.7 Å². The van der Waals surface area contributed by atoms with Crippen LogP contribution in [0.3, 0.4) is 0 Å². The fraction of sp³-hybridized carbons (Fsp3) is 0.174. The van der Waals surface area contributed by atoms with Crippen LogP contribution in [-0.2, 0) is 4.79 Å². The third kappa shape index (κ3) is 3.13. The lowest BCUT2D eigenvalue weighted by atomic mass is 9.83. The van der Waals surface area contributed by atoms with Crippen molar-refractivity contribution in [1.82, 2.24) is 0 Å². The molecule has 1 unspecified atom stereocenters. The van der Waals surface area contributed by atoms with Crippen molar-refractivity contribution in [3.63, 3.8) is 0 Å². The van der Waals surface area contributed by atoms with Crippen molar-refractivity contribution in [2.24, 2.45) is 0 Å². The molecule has 0 saturated carbocycles. The average Bonchev–Trinajstić information content (AvgIpc) is 3.06. The molecule has 1 aliphatic rings. The molecule has 1 amide bonds. The van der Waals surface area contributed by atoms with Crippen molar-refractivity contribution in [3.8, 4) is 0 Å². The van der Waals surface area contributed by atoms with Crippen LogP contribution in [0.5, 0.6) is 0 Å². The first-order valence-electron chi connectivity index (χ1n) is 8.91. The maximum Gasteiger partial charge on any atom is 0.227 e. The lowest BCUT2D eigenvalue weighted by Crippen LogP contribution is -2.37. The van der Waals surface area contributed by atoms with E-state index in [0.717, 1.165) is 12.1 Å². The topological polar surface area (TPSA) is 20.3 Å². The number of hydrogen-bond acceptors (Lipinski definition) is 1. The Balaban J connectivity index is 1.79. The molecular formula is C23H20FNO. The number of carbonyl (C=O) groups is 1. The van der Waals surface area contributed by atoms with Gasteiger partial charge in [0.05, 0.1) is 0 Å². The smallest absolute Gasteiger partial charge is 0.227 e. The minimum absolute atomic E-state index is 0.0118. The van der Waals surface area contributed by atoms with Gasteiger partial charge in [-0.3, -0.25) is 4.79 Å². The maximum atomic E-state index is 13.4. The van der Waals surface area contributed by atoms with Gasteiger partial charge in [-0.15, -0.1) is 0 Å². The van der Waals surface area contributed by atoms with Crippen LogP contribution in [0, 0.1) is 5.82 Å². The third-order valence-electron chi connectivity index (χ3n) is 5.06. The molecule has 1 heterocycles. The van der Waals surface area contributed by atoms with Crippen molar-refractivity contribution in [3.05, 3.63) is 102 Å². The Morgan fingerprint density at radius 2 is 1.35 bits per heavy atom. The Morgan fingerprint density at radius 1 is 0.808 bits per heavy atom. The second-order valence-corrected chi connectivity index (χ2v) is 6.65. The molecule has 130 valence electrons. The molecule has 4 rings (SSSR count). The summed E-state index contributed by atoms with van der Waals surface area (Å²) in [5.41, 5.74) is 3.13. The van der Waals surface area contributed by atoms with E-state index in [0.29, 0.717) is 6.42 Å². The summed E-state index contributed by atoms with van der Waals surface area (Å²) in [5.74, 6) is -0.119. The van der Waals surface area contributed by atoms with Gasteiger partial charge in [0.15, 0.2) is 0 Å². The van der Waals surface area contributed by atoms with Gasteiger partial charge in [0.1, 0.15) is 5.82 Å². The van der Waals surface area contributed by atoms with Crippen LogP contribution in [0.1, 0.15) is 29.9 Å². The van der Waals surface area contributed by atoms with Crippen LogP contribution in [0.2, 0.25) is 0 Å². The molecule has 0 bridgehead atoms. The minimum Gasteiger partial charge on any atom is -0.308 e. The molecule has 3 heteroatoms. The Hall–Kier alpha value is -2.94. The molecule has 1 aliphatic heterocycles. The molecule has 1 atom stereocenters. The lowest BCUT2D eigenvalue weighted by molar-refractivity contribution is -0.117. The van der Waals surface area contributed by atoms with Gasteiger partial charge >= 0.3 is 0 Å². The highest BCUT2D eigenvalue weighted by Crippen LogP contribution is 2.39. The molecular weight excluding hydrogens is 325 g/mol. The zero-order valence-corrected chi connectivity index (χ0v) is 14.4. The number of halogens is 1. The van der Waals surface area contributed by atoms with Crippen molar-refractivity contribution in [2.45, 2.75) is 24.8 Å². The van der Waals surface area contributed by atoms with Gasteiger partial charge in [-0.2, -0.15) is 0 Å². The average molecular weight is 345 g/mol. The van der Waals surface area contributed by atoms with Crippen LogP contribution in [0.15, 0.2) is 84.9 Å². The molecule has 2 nitrogen and oxygen atoms in total. The van der Waals surface area contributed by atoms with Crippen molar-refractivity contribution < 1.29 is 9.18 Å². The molecule has 3 aromatic carbocycles. The van der Waals surface area contributed by atoms with E-state index in [1.54, 1.807) is 12.1 Å². The van der Waals surface area contributed by atoms with E-state index in [1.165, 1.54) is 23.3 Å². The highest BCUT2D eigenvalue weighted by molar-refractivity contribution is 5.96. The summed E-state index contributed by atoms with van der Waals surface area (Å²) in [5, 5.41) is 0. The molecule has 0 radical (unpaired) electrons. The molecule has 1 fully saturated rings. The van der Waals surface area contributed by atoms with Crippen molar-refractivity contribution in [1.29, 1.82) is 0 Å². The summed E-state index contributed by atoms with van der Waals surface area (Å²) in [6.07, 6.45) is 1.29. The highest BCUT2D eigenvalue weighted by atomic mass is 19.1. The molecule has 0 spiro atoms. The standard InChI is InChI=1S/C23H20FNO/c24-19-11-13-20(14-12-19)25-21(15-16-22(25)26)23(17-7-3-1-4-8-17)18-9-5-2-6-10-18/h1-14,21,23H,15-16H2. The van der Waals surface area contributed by atoms with Crippen molar-refractivity contribution >= 4 is 11.6 Å². The lowest BCUT2D eigenvalue weighted by Gasteiger charge is -2.32. The van der Waals surface area contributed by atoms with Crippen molar-refractivity contribution in [2.75, 3.05) is 4.90 Å². The van der Waals surface area contributed by atoms with Crippen LogP contribution in [-0.4, -0.2) is 11.9 Å². The normalized spacial score (nSPS) is 17.1. The number of amides is 1. The first-order valence-corrected chi connectivity index (χ1v) is 8.91. The van der Waals surface area contributed by atoms with E-state index < -0.39 is 0 Å². The van der Waals surface area contributed by atoms with Gasteiger partial charge in [0.25, 0.3) is 0 Å². The Bertz CT molecular complexity index is 838. The van der Waals surface area contributed by atoms with E-state index in [4.69, 9.17) is 0 Å². The van der Waals surface area contributed by atoms with Gasteiger partial charge < -0.3 is 4.90 Å². The second-order valence-electron chi connectivity index (χ2n) is 6.65. The summed E-state index contributed by atoms with van der Waals surface area (Å²) in [7, 11) is 0. The van der Waals surface area contributed by atoms with Crippen LogP contribution in [0.25, 0.3) is 0 Å². The first kappa shape index (κ1) is 16.5. The number of hydrogen-bond donors (Lipinski definition) is 0. The SMILES string of the molecule is O=C1CCC(C(c2ccccc2)c2ccccc2)N1c1ccc(F)cc1. The zero-order valence-electron chi connectivity index (χ0n) is 14.4. The van der Waals surface area contributed by atoms with E-state index >= 15 is 0 Å². The van der Waals surface area contributed by atoms with Gasteiger partial charge in [-0.05, 0) is 41.8 Å². The molecule has 0 aromatic heterocycles. The van der Waals surface area contributed by atoms with Gasteiger partial charge in [0.2, 0.25) is 5.91 Å². The fourth-order valence-electron chi connectivity index (χ4n) is 3.92. The first-order chi connectivity index (χ1) is 12.7. The minimum atomic E-state index is -0.292. The zero-order chi connectivity index (χ0) is 17.9.